The van der Waals surface area contributed by atoms with Crippen LogP contribution in [0.25, 0.3) is 11.4 Å². The van der Waals surface area contributed by atoms with E-state index in [9.17, 15) is 5.11 Å². The van der Waals surface area contributed by atoms with Crippen molar-refractivity contribution in [3.05, 3.63) is 30.1 Å². The fraction of sp³-hybridized carbons (Fsp3) is 0.333. The van der Waals surface area contributed by atoms with Crippen LogP contribution in [-0.4, -0.2) is 19.9 Å². The Balaban J connectivity index is 2.00. The van der Waals surface area contributed by atoms with E-state index < -0.39 is 0 Å². The van der Waals surface area contributed by atoms with Crippen molar-refractivity contribution in [3.8, 4) is 17.1 Å². The number of hydrogen-bond acceptors (Lipinski definition) is 3. The second-order valence-corrected chi connectivity index (χ2v) is 4.08. The quantitative estimate of drug-likeness (QED) is 0.791. The lowest BCUT2D eigenvalue weighted by Crippen LogP contribution is -2.11. The van der Waals surface area contributed by atoms with E-state index >= 15 is 0 Å². The Bertz CT molecular complexity index is 478. The maximum absolute atomic E-state index is 9.22. The monoisotopic (exact) mass is 215 g/mol. The second-order valence-electron chi connectivity index (χ2n) is 4.08. The summed E-state index contributed by atoms with van der Waals surface area (Å²) in [5.74, 6) is 2.11. The van der Waals surface area contributed by atoms with Crippen LogP contribution >= 0.6 is 0 Å². The normalized spacial score (nSPS) is 14.8. The summed E-state index contributed by atoms with van der Waals surface area (Å²) in [6.45, 7) is 0.973. The lowest BCUT2D eigenvalue weighted by molar-refractivity contribution is 0.475. The molecule has 4 nitrogen and oxygen atoms in total. The molecule has 3 rings (SSSR count). The van der Waals surface area contributed by atoms with Crippen molar-refractivity contribution in [2.24, 2.45) is 0 Å². The molecule has 0 unspecified atom stereocenters. The predicted molar refractivity (Wildman–Crippen MR) is 60.1 cm³/mol. The summed E-state index contributed by atoms with van der Waals surface area (Å²) in [6, 6.07) is 7.01. The molecular weight excluding hydrogens is 202 g/mol. The van der Waals surface area contributed by atoms with E-state index in [0.717, 1.165) is 30.2 Å². The smallest absolute Gasteiger partial charge is 0.181 e. The van der Waals surface area contributed by atoms with Gasteiger partial charge in [0.25, 0.3) is 0 Å². The molecule has 82 valence electrons. The second kappa shape index (κ2) is 3.63. The summed E-state index contributed by atoms with van der Waals surface area (Å²) in [4.78, 5) is 4.52. The molecule has 0 saturated heterocycles. The highest BCUT2D eigenvalue weighted by molar-refractivity contribution is 5.55. The van der Waals surface area contributed by atoms with Crippen LogP contribution in [0.1, 0.15) is 18.7 Å². The molecule has 0 atom stereocenters. The molecule has 2 aromatic rings. The first kappa shape index (κ1) is 9.39. The van der Waals surface area contributed by atoms with Crippen LogP contribution in [0.15, 0.2) is 24.3 Å². The average Bonchev–Trinajstić information content (AvgIpc) is 2.73. The minimum Gasteiger partial charge on any atom is -0.508 e. The number of phenols is 1. The Labute approximate surface area is 93.6 Å². The number of aromatic nitrogens is 3. The van der Waals surface area contributed by atoms with Crippen molar-refractivity contribution in [3.63, 3.8) is 0 Å². The van der Waals surface area contributed by atoms with Gasteiger partial charge in [0.05, 0.1) is 0 Å². The third-order valence-corrected chi connectivity index (χ3v) is 2.89. The van der Waals surface area contributed by atoms with Crippen LogP contribution in [-0.2, 0) is 13.0 Å². The van der Waals surface area contributed by atoms with Crippen molar-refractivity contribution >= 4 is 0 Å². The van der Waals surface area contributed by atoms with Crippen molar-refractivity contribution in [1.82, 2.24) is 14.8 Å². The number of aromatic hydroxyl groups is 1. The number of phenolic OH excluding ortho intramolecular Hbond substituents is 1. The molecule has 0 saturated carbocycles. The first-order chi connectivity index (χ1) is 7.83. The summed E-state index contributed by atoms with van der Waals surface area (Å²) < 4.78 is 1.99. The highest BCUT2D eigenvalue weighted by Crippen LogP contribution is 2.21. The van der Waals surface area contributed by atoms with Gasteiger partial charge >= 0.3 is 0 Å². The molecular formula is C12H13N3O. The molecule has 2 heterocycles. The van der Waals surface area contributed by atoms with Crippen LogP contribution in [0.2, 0.25) is 0 Å². The molecule has 0 bridgehead atoms. The minimum atomic E-state index is 0.271. The first-order valence-electron chi connectivity index (χ1n) is 5.56. The Hall–Kier alpha value is -1.84. The van der Waals surface area contributed by atoms with Crippen LogP contribution in [0.5, 0.6) is 5.75 Å². The number of hydrogen-bond donors (Lipinski definition) is 1. The Kier molecular flexibility index (Phi) is 2.13. The van der Waals surface area contributed by atoms with E-state index in [1.807, 2.05) is 16.8 Å². The zero-order valence-corrected chi connectivity index (χ0v) is 8.93. The Morgan fingerprint density at radius 3 is 2.69 bits per heavy atom. The highest BCUT2D eigenvalue weighted by atomic mass is 16.3. The van der Waals surface area contributed by atoms with Crippen LogP contribution in [0.4, 0.5) is 0 Å². The third kappa shape index (κ3) is 1.56. The van der Waals surface area contributed by atoms with Crippen LogP contribution < -0.4 is 0 Å². The van der Waals surface area contributed by atoms with Gasteiger partial charge in [-0.1, -0.05) is 0 Å². The molecule has 0 radical (unpaired) electrons. The molecule has 1 aliphatic heterocycles. The average molecular weight is 215 g/mol. The van der Waals surface area contributed by atoms with Gasteiger partial charge in [-0.15, -0.1) is 0 Å². The van der Waals surface area contributed by atoms with Gasteiger partial charge in [0.15, 0.2) is 5.82 Å². The van der Waals surface area contributed by atoms with Crippen molar-refractivity contribution in [1.29, 1.82) is 0 Å². The molecule has 1 aromatic heterocycles. The van der Waals surface area contributed by atoms with Gasteiger partial charge in [-0.3, -0.25) is 0 Å². The number of rotatable bonds is 1. The largest absolute Gasteiger partial charge is 0.508 e. The molecule has 4 heteroatoms. The fourth-order valence-corrected chi connectivity index (χ4v) is 2.02. The summed E-state index contributed by atoms with van der Waals surface area (Å²) in [7, 11) is 0. The Morgan fingerprint density at radius 1 is 1.12 bits per heavy atom. The van der Waals surface area contributed by atoms with E-state index in [4.69, 9.17) is 0 Å². The maximum Gasteiger partial charge on any atom is 0.181 e. The van der Waals surface area contributed by atoms with Gasteiger partial charge in [-0.05, 0) is 37.1 Å². The molecule has 0 spiro atoms. The summed E-state index contributed by atoms with van der Waals surface area (Å²) in [5.41, 5.74) is 0.958. The van der Waals surface area contributed by atoms with E-state index in [2.05, 4.69) is 10.1 Å². The predicted octanol–water partition coefficient (Wildman–Crippen LogP) is 1.99. The summed E-state index contributed by atoms with van der Waals surface area (Å²) in [5, 5.41) is 13.7. The fourth-order valence-electron chi connectivity index (χ4n) is 2.02. The number of fused-ring (bicyclic) bond motifs is 1. The molecule has 0 amide bonds. The zero-order chi connectivity index (χ0) is 11.0. The summed E-state index contributed by atoms with van der Waals surface area (Å²) >= 11 is 0. The minimum absolute atomic E-state index is 0.271. The molecule has 1 aliphatic rings. The molecule has 1 N–H and O–H groups in total. The lowest BCUT2D eigenvalue weighted by Gasteiger charge is -2.09. The third-order valence-electron chi connectivity index (χ3n) is 2.89. The zero-order valence-electron chi connectivity index (χ0n) is 8.93. The van der Waals surface area contributed by atoms with Gasteiger partial charge in [-0.2, -0.15) is 5.10 Å². The highest BCUT2D eigenvalue weighted by Gasteiger charge is 2.14. The maximum atomic E-state index is 9.22. The van der Waals surface area contributed by atoms with Crippen molar-refractivity contribution in [2.75, 3.05) is 0 Å². The Morgan fingerprint density at radius 2 is 1.94 bits per heavy atom. The number of nitrogens with zero attached hydrogens (tertiary/aromatic N) is 3. The standard InChI is InChI=1S/C12H13N3O/c16-10-6-4-9(5-7-10)12-13-11-3-1-2-8-15(11)14-12/h4-7,16H,1-3,8H2. The topological polar surface area (TPSA) is 50.9 Å². The number of benzene rings is 1. The van der Waals surface area contributed by atoms with Crippen LogP contribution in [0, 0.1) is 0 Å². The molecule has 16 heavy (non-hydrogen) atoms. The van der Waals surface area contributed by atoms with Crippen molar-refractivity contribution < 1.29 is 5.11 Å². The SMILES string of the molecule is Oc1ccc(-c2nc3n(n2)CCCC3)cc1. The van der Waals surface area contributed by atoms with Gasteiger partial charge in [-0.25, -0.2) is 9.67 Å². The van der Waals surface area contributed by atoms with Crippen LogP contribution in [0.3, 0.4) is 0 Å². The van der Waals surface area contributed by atoms with E-state index in [-0.39, 0.29) is 5.75 Å². The van der Waals surface area contributed by atoms with E-state index in [1.165, 1.54) is 12.8 Å². The molecule has 0 fully saturated rings. The summed E-state index contributed by atoms with van der Waals surface area (Å²) in [6.07, 6.45) is 3.41. The van der Waals surface area contributed by atoms with Gasteiger partial charge in [0.2, 0.25) is 0 Å². The molecule has 1 aromatic carbocycles. The van der Waals surface area contributed by atoms with E-state index in [0.29, 0.717) is 0 Å². The van der Waals surface area contributed by atoms with Crippen molar-refractivity contribution in [2.45, 2.75) is 25.8 Å². The molecule has 0 aliphatic carbocycles. The van der Waals surface area contributed by atoms with Gasteiger partial charge in [0, 0.05) is 18.5 Å². The first-order valence-corrected chi connectivity index (χ1v) is 5.56. The van der Waals surface area contributed by atoms with E-state index in [1.54, 1.807) is 12.1 Å². The van der Waals surface area contributed by atoms with Gasteiger partial charge in [0.1, 0.15) is 11.6 Å². The number of aryl methyl sites for hydroxylation is 2. The van der Waals surface area contributed by atoms with Gasteiger partial charge < -0.3 is 5.11 Å². The lowest BCUT2D eigenvalue weighted by atomic mass is 10.2.